The van der Waals surface area contributed by atoms with Crippen LogP contribution in [0.15, 0.2) is 10.9 Å². The fourth-order valence-electron chi connectivity index (χ4n) is 1.54. The fourth-order valence-corrected chi connectivity index (χ4v) is 1.54. The van der Waals surface area contributed by atoms with Crippen LogP contribution in [0, 0.1) is 17.2 Å². The Morgan fingerprint density at radius 3 is 2.71 bits per heavy atom. The van der Waals surface area contributed by atoms with Gasteiger partial charge < -0.3 is 9.72 Å². The maximum Gasteiger partial charge on any atom is 0.339 e. The van der Waals surface area contributed by atoms with E-state index in [4.69, 9.17) is 5.26 Å². The summed E-state index contributed by atoms with van der Waals surface area (Å²) in [5.74, 6) is -0.332. The minimum Gasteiger partial charge on any atom is -0.465 e. The molecule has 0 aliphatic rings. The number of nitrogens with one attached hydrogen (secondary N) is 1. The fraction of sp³-hybridized carbons (Fsp3) is 0.417. The Morgan fingerprint density at radius 2 is 2.24 bits per heavy atom. The van der Waals surface area contributed by atoms with Gasteiger partial charge in [-0.15, -0.1) is 0 Å². The molecule has 0 atom stereocenters. The number of nitriles is 1. The van der Waals surface area contributed by atoms with E-state index in [9.17, 15) is 9.59 Å². The van der Waals surface area contributed by atoms with Crippen LogP contribution in [0.4, 0.5) is 0 Å². The molecule has 5 nitrogen and oxygen atoms in total. The highest BCUT2D eigenvalue weighted by atomic mass is 16.5. The van der Waals surface area contributed by atoms with Crippen LogP contribution in [0.25, 0.3) is 0 Å². The van der Waals surface area contributed by atoms with Gasteiger partial charge in [0.1, 0.15) is 11.6 Å². The second-order valence-electron chi connectivity index (χ2n) is 4.11. The lowest BCUT2D eigenvalue weighted by Crippen LogP contribution is -2.19. The Kier molecular flexibility index (Phi) is 4.05. The summed E-state index contributed by atoms with van der Waals surface area (Å²) in [5.41, 5.74) is -0.103. The number of aromatic nitrogens is 1. The van der Waals surface area contributed by atoms with E-state index in [1.807, 2.05) is 13.8 Å². The summed E-state index contributed by atoms with van der Waals surface area (Å²) in [7, 11) is 1.22. The van der Waals surface area contributed by atoms with Crippen LogP contribution in [-0.2, 0) is 11.2 Å². The van der Waals surface area contributed by atoms with Gasteiger partial charge in [0.25, 0.3) is 5.56 Å². The Morgan fingerprint density at radius 1 is 1.59 bits per heavy atom. The molecule has 17 heavy (non-hydrogen) atoms. The van der Waals surface area contributed by atoms with Crippen LogP contribution in [0.3, 0.4) is 0 Å². The number of hydrogen-bond acceptors (Lipinski definition) is 4. The second-order valence-corrected chi connectivity index (χ2v) is 4.11. The summed E-state index contributed by atoms with van der Waals surface area (Å²) < 4.78 is 4.55. The molecule has 1 heterocycles. The van der Waals surface area contributed by atoms with Crippen LogP contribution in [0.2, 0.25) is 0 Å². The van der Waals surface area contributed by atoms with Crippen molar-refractivity contribution in [1.29, 1.82) is 5.26 Å². The molecule has 0 bridgehead atoms. The number of carbonyl (C=O) groups excluding carboxylic acids is 1. The first-order valence-electron chi connectivity index (χ1n) is 5.24. The van der Waals surface area contributed by atoms with E-state index in [1.54, 1.807) is 6.07 Å². The van der Waals surface area contributed by atoms with Gasteiger partial charge in [0.05, 0.1) is 12.7 Å². The topological polar surface area (TPSA) is 83.0 Å². The van der Waals surface area contributed by atoms with Gasteiger partial charge in [-0.05, 0) is 18.4 Å². The molecule has 0 aliphatic carbocycles. The lowest BCUT2D eigenvalue weighted by molar-refractivity contribution is 0.0600. The Labute approximate surface area is 99.0 Å². The number of aromatic amines is 1. The lowest BCUT2D eigenvalue weighted by Gasteiger charge is -2.07. The zero-order valence-corrected chi connectivity index (χ0v) is 10.0. The van der Waals surface area contributed by atoms with Gasteiger partial charge in [-0.1, -0.05) is 13.8 Å². The molecule has 0 saturated carbocycles. The van der Waals surface area contributed by atoms with Crippen molar-refractivity contribution in [2.45, 2.75) is 20.3 Å². The van der Waals surface area contributed by atoms with Gasteiger partial charge in [0, 0.05) is 5.69 Å². The molecular weight excluding hydrogens is 220 g/mol. The Hall–Kier alpha value is -2.09. The highest BCUT2D eigenvalue weighted by Crippen LogP contribution is 2.10. The quantitative estimate of drug-likeness (QED) is 0.797. The Balaban J connectivity index is 3.35. The molecule has 90 valence electrons. The average Bonchev–Trinajstić information content (AvgIpc) is 2.26. The third-order valence-corrected chi connectivity index (χ3v) is 2.23. The number of H-pyrrole nitrogens is 1. The Bertz CT molecular complexity index is 524. The molecule has 0 amide bonds. The summed E-state index contributed by atoms with van der Waals surface area (Å²) in [6, 6.07) is 3.22. The zero-order valence-electron chi connectivity index (χ0n) is 10.0. The number of esters is 1. The lowest BCUT2D eigenvalue weighted by atomic mass is 10.0. The number of hydrogen-bond donors (Lipinski definition) is 1. The van der Waals surface area contributed by atoms with Crippen molar-refractivity contribution < 1.29 is 9.53 Å². The maximum atomic E-state index is 11.6. The van der Waals surface area contributed by atoms with Crippen LogP contribution < -0.4 is 5.56 Å². The molecule has 5 heteroatoms. The predicted octanol–water partition coefficient (Wildman–Crippen LogP) is 1.23. The first-order valence-corrected chi connectivity index (χ1v) is 5.24. The van der Waals surface area contributed by atoms with Crippen molar-refractivity contribution >= 4 is 5.97 Å². The molecule has 0 saturated heterocycles. The van der Waals surface area contributed by atoms with Crippen molar-refractivity contribution in [2.24, 2.45) is 5.92 Å². The van der Waals surface area contributed by atoms with Crippen LogP contribution in [0.1, 0.15) is 35.5 Å². The largest absolute Gasteiger partial charge is 0.465 e. The molecule has 0 unspecified atom stereocenters. The van der Waals surface area contributed by atoms with E-state index in [0.717, 1.165) is 0 Å². The van der Waals surface area contributed by atoms with E-state index >= 15 is 0 Å². The summed E-state index contributed by atoms with van der Waals surface area (Å²) in [6.07, 6.45) is 0.630. The van der Waals surface area contributed by atoms with Gasteiger partial charge in [-0.3, -0.25) is 4.79 Å². The monoisotopic (exact) mass is 234 g/mol. The molecular formula is C12H14N2O3. The second kappa shape index (κ2) is 5.30. The first kappa shape index (κ1) is 13.0. The van der Waals surface area contributed by atoms with E-state index in [0.29, 0.717) is 18.0 Å². The molecule has 0 aliphatic heterocycles. The van der Waals surface area contributed by atoms with Gasteiger partial charge >= 0.3 is 5.97 Å². The highest BCUT2D eigenvalue weighted by Gasteiger charge is 2.16. The third kappa shape index (κ3) is 2.94. The molecule has 0 fully saturated rings. The minimum atomic E-state index is -0.669. The summed E-state index contributed by atoms with van der Waals surface area (Å²) in [4.78, 5) is 25.7. The average molecular weight is 234 g/mol. The molecule has 1 N–H and O–H groups in total. The molecule has 0 spiro atoms. The van der Waals surface area contributed by atoms with E-state index in [2.05, 4.69) is 9.72 Å². The number of nitrogens with zero attached hydrogens (tertiary/aromatic N) is 1. The molecule has 1 aromatic heterocycles. The van der Waals surface area contributed by atoms with E-state index in [1.165, 1.54) is 13.2 Å². The number of methoxy groups -OCH3 is 1. The van der Waals surface area contributed by atoms with Crippen molar-refractivity contribution in [2.75, 3.05) is 7.11 Å². The SMILES string of the molecule is COC(=O)c1cc(CC(C)C)[nH]c(=O)c1C#N. The highest BCUT2D eigenvalue weighted by molar-refractivity contribution is 5.92. The smallest absolute Gasteiger partial charge is 0.339 e. The molecule has 1 rings (SSSR count). The number of carbonyl (C=O) groups is 1. The minimum absolute atomic E-state index is 0.0226. The van der Waals surface area contributed by atoms with Gasteiger partial charge in [-0.25, -0.2) is 4.79 Å². The van der Waals surface area contributed by atoms with Crippen molar-refractivity contribution in [3.05, 3.63) is 33.2 Å². The standard InChI is InChI=1S/C12H14N2O3/c1-7(2)4-8-5-9(12(16)17-3)10(6-13)11(15)14-8/h5,7H,4H2,1-3H3,(H,14,15). The molecule has 0 radical (unpaired) electrons. The summed E-state index contributed by atoms with van der Waals surface area (Å²) >= 11 is 0. The van der Waals surface area contributed by atoms with E-state index in [-0.39, 0.29) is 11.1 Å². The van der Waals surface area contributed by atoms with Gasteiger partial charge in [0.15, 0.2) is 0 Å². The van der Waals surface area contributed by atoms with Crippen molar-refractivity contribution in [1.82, 2.24) is 4.98 Å². The molecule has 0 aromatic carbocycles. The molecule has 1 aromatic rings. The van der Waals surface area contributed by atoms with Gasteiger partial charge in [0.2, 0.25) is 0 Å². The number of ether oxygens (including phenoxy) is 1. The third-order valence-electron chi connectivity index (χ3n) is 2.23. The summed E-state index contributed by atoms with van der Waals surface area (Å²) in [6.45, 7) is 3.99. The summed E-state index contributed by atoms with van der Waals surface area (Å²) in [5, 5.41) is 8.84. The van der Waals surface area contributed by atoms with Crippen molar-refractivity contribution in [3.63, 3.8) is 0 Å². The van der Waals surface area contributed by atoms with Crippen LogP contribution in [-0.4, -0.2) is 18.1 Å². The number of rotatable bonds is 3. The first-order chi connectivity index (χ1) is 7.99. The van der Waals surface area contributed by atoms with Crippen molar-refractivity contribution in [3.8, 4) is 6.07 Å². The maximum absolute atomic E-state index is 11.6. The predicted molar refractivity (Wildman–Crippen MR) is 61.7 cm³/mol. The van der Waals surface area contributed by atoms with Gasteiger partial charge in [-0.2, -0.15) is 5.26 Å². The number of pyridine rings is 1. The van der Waals surface area contributed by atoms with Crippen LogP contribution in [0.5, 0.6) is 0 Å². The van der Waals surface area contributed by atoms with Crippen LogP contribution >= 0.6 is 0 Å². The van der Waals surface area contributed by atoms with E-state index < -0.39 is 11.5 Å². The zero-order chi connectivity index (χ0) is 13.0. The normalized spacial score (nSPS) is 10.1.